The molecule has 0 amide bonds. The molecule has 70 valence electrons. The van der Waals surface area contributed by atoms with Gasteiger partial charge in [-0.2, -0.15) is 0 Å². The van der Waals surface area contributed by atoms with Crippen molar-refractivity contribution in [3.63, 3.8) is 0 Å². The molecule has 2 rings (SSSR count). The lowest BCUT2D eigenvalue weighted by Crippen LogP contribution is -1.93. The Morgan fingerprint density at radius 2 is 1.79 bits per heavy atom. The minimum absolute atomic E-state index is 0.679. The molecule has 0 radical (unpaired) electrons. The van der Waals surface area contributed by atoms with E-state index < -0.39 is 0 Å². The Morgan fingerprint density at radius 3 is 2.50 bits per heavy atom. The van der Waals surface area contributed by atoms with Crippen LogP contribution in [0.3, 0.4) is 0 Å². The summed E-state index contributed by atoms with van der Waals surface area (Å²) >= 11 is 3.38. The van der Waals surface area contributed by atoms with Crippen molar-refractivity contribution in [2.75, 3.05) is 5.73 Å². The molecule has 1 heterocycles. The second kappa shape index (κ2) is 3.80. The van der Waals surface area contributed by atoms with Crippen LogP contribution in [0, 0.1) is 0 Å². The summed E-state index contributed by atoms with van der Waals surface area (Å²) in [7, 11) is 0. The number of nitrogen functional groups attached to an aromatic ring is 1. The summed E-state index contributed by atoms with van der Waals surface area (Å²) in [4.78, 5) is 4.25. The maximum atomic E-state index is 5.91. The van der Waals surface area contributed by atoms with Gasteiger partial charge in [-0.3, -0.25) is 4.98 Å². The van der Waals surface area contributed by atoms with Gasteiger partial charge in [0.15, 0.2) is 0 Å². The number of nitrogens with two attached hydrogens (primary N) is 1. The first kappa shape index (κ1) is 9.21. The van der Waals surface area contributed by atoms with E-state index in [1.165, 1.54) is 0 Å². The van der Waals surface area contributed by atoms with Gasteiger partial charge in [-0.15, -0.1) is 0 Å². The highest BCUT2D eigenvalue weighted by atomic mass is 79.9. The second-order valence-corrected chi connectivity index (χ2v) is 3.78. The van der Waals surface area contributed by atoms with Gasteiger partial charge in [-0.1, -0.05) is 30.3 Å². The van der Waals surface area contributed by atoms with Crippen molar-refractivity contribution in [1.29, 1.82) is 0 Å². The van der Waals surface area contributed by atoms with Crippen molar-refractivity contribution in [2.45, 2.75) is 0 Å². The van der Waals surface area contributed by atoms with Crippen molar-refractivity contribution in [3.05, 3.63) is 47.1 Å². The fourth-order valence-corrected chi connectivity index (χ4v) is 1.58. The van der Waals surface area contributed by atoms with Crippen LogP contribution in [-0.4, -0.2) is 4.98 Å². The number of pyridine rings is 1. The van der Waals surface area contributed by atoms with Crippen LogP contribution in [0.25, 0.3) is 11.3 Å². The molecule has 1 aromatic heterocycles. The molecule has 2 N–H and O–H groups in total. The third-order valence-corrected chi connectivity index (χ3v) is 2.68. The van der Waals surface area contributed by atoms with Gasteiger partial charge in [0.1, 0.15) is 0 Å². The molecule has 1 aromatic carbocycles. The lowest BCUT2D eigenvalue weighted by atomic mass is 10.1. The van der Waals surface area contributed by atoms with Gasteiger partial charge in [-0.25, -0.2) is 0 Å². The molecule has 0 fully saturated rings. The smallest absolute Gasteiger partial charge is 0.0942 e. The Bertz CT molecular complexity index is 440. The number of hydrogen-bond acceptors (Lipinski definition) is 2. The predicted molar refractivity (Wildman–Crippen MR) is 61.8 cm³/mol. The molecule has 2 nitrogen and oxygen atoms in total. The van der Waals surface area contributed by atoms with E-state index in [1.54, 1.807) is 6.20 Å². The van der Waals surface area contributed by atoms with E-state index in [9.17, 15) is 0 Å². The van der Waals surface area contributed by atoms with E-state index in [-0.39, 0.29) is 0 Å². The van der Waals surface area contributed by atoms with Gasteiger partial charge >= 0.3 is 0 Å². The molecule has 0 aliphatic carbocycles. The molecule has 0 aliphatic heterocycles. The molecule has 0 saturated heterocycles. The number of anilines is 1. The van der Waals surface area contributed by atoms with Gasteiger partial charge in [0, 0.05) is 16.2 Å². The van der Waals surface area contributed by atoms with Crippen LogP contribution >= 0.6 is 15.9 Å². The highest BCUT2D eigenvalue weighted by Crippen LogP contribution is 2.28. The molecule has 0 aliphatic rings. The zero-order valence-corrected chi connectivity index (χ0v) is 9.03. The molecule has 2 aromatic rings. The van der Waals surface area contributed by atoms with Crippen LogP contribution in [0.5, 0.6) is 0 Å². The van der Waals surface area contributed by atoms with Gasteiger partial charge in [-0.05, 0) is 22.0 Å². The highest BCUT2D eigenvalue weighted by Gasteiger charge is 2.05. The molecule has 0 saturated carbocycles. The third kappa shape index (κ3) is 1.63. The maximum absolute atomic E-state index is 5.91. The van der Waals surface area contributed by atoms with Crippen molar-refractivity contribution < 1.29 is 0 Å². The topological polar surface area (TPSA) is 38.9 Å². The van der Waals surface area contributed by atoms with Crippen LogP contribution in [0.2, 0.25) is 0 Å². The summed E-state index contributed by atoms with van der Waals surface area (Å²) in [5.41, 5.74) is 8.44. The Hall–Kier alpha value is -1.35. The number of halogens is 1. The molecule has 3 heteroatoms. The third-order valence-electron chi connectivity index (χ3n) is 1.98. The molecule has 0 bridgehead atoms. The average molecular weight is 249 g/mol. The first-order chi connectivity index (χ1) is 6.79. The Morgan fingerprint density at radius 1 is 1.07 bits per heavy atom. The Labute approximate surface area is 90.9 Å². The Balaban J connectivity index is 2.58. The maximum Gasteiger partial charge on any atom is 0.0942 e. The first-order valence-electron chi connectivity index (χ1n) is 4.24. The summed E-state index contributed by atoms with van der Waals surface area (Å²) < 4.78 is 0.881. The molecule has 0 unspecified atom stereocenters. The van der Waals surface area contributed by atoms with Crippen molar-refractivity contribution >= 4 is 21.6 Å². The fraction of sp³-hybridized carbons (Fsp3) is 0. The summed E-state index contributed by atoms with van der Waals surface area (Å²) in [6.45, 7) is 0. The molecule has 0 atom stereocenters. The van der Waals surface area contributed by atoms with E-state index in [2.05, 4.69) is 20.9 Å². The quantitative estimate of drug-likeness (QED) is 0.843. The minimum Gasteiger partial charge on any atom is -0.396 e. The van der Waals surface area contributed by atoms with E-state index in [0.717, 1.165) is 15.7 Å². The fourth-order valence-electron chi connectivity index (χ4n) is 1.28. The standard InChI is InChI=1S/C11H9BrN2/c12-9-6-7-14-11(10(9)13)8-4-2-1-3-5-8/h1-7H,13H2. The first-order valence-corrected chi connectivity index (χ1v) is 5.04. The van der Waals surface area contributed by atoms with E-state index in [1.807, 2.05) is 36.4 Å². The number of nitrogens with zero attached hydrogens (tertiary/aromatic N) is 1. The second-order valence-electron chi connectivity index (χ2n) is 2.92. The van der Waals surface area contributed by atoms with Gasteiger partial charge in [0.05, 0.1) is 11.4 Å². The predicted octanol–water partition coefficient (Wildman–Crippen LogP) is 3.09. The van der Waals surface area contributed by atoms with Crippen LogP contribution in [-0.2, 0) is 0 Å². The largest absolute Gasteiger partial charge is 0.396 e. The van der Waals surface area contributed by atoms with Crippen molar-refractivity contribution in [2.24, 2.45) is 0 Å². The molecular formula is C11H9BrN2. The van der Waals surface area contributed by atoms with E-state index in [4.69, 9.17) is 5.73 Å². The Kier molecular flexibility index (Phi) is 2.50. The van der Waals surface area contributed by atoms with Crippen molar-refractivity contribution in [1.82, 2.24) is 4.98 Å². The molecular weight excluding hydrogens is 240 g/mol. The normalized spacial score (nSPS) is 10.1. The van der Waals surface area contributed by atoms with Gasteiger partial charge in [0.2, 0.25) is 0 Å². The van der Waals surface area contributed by atoms with Crippen LogP contribution in [0.15, 0.2) is 47.1 Å². The van der Waals surface area contributed by atoms with Crippen molar-refractivity contribution in [3.8, 4) is 11.3 Å². The van der Waals surface area contributed by atoms with E-state index in [0.29, 0.717) is 5.69 Å². The zero-order valence-electron chi connectivity index (χ0n) is 7.44. The summed E-state index contributed by atoms with van der Waals surface area (Å²) in [6.07, 6.45) is 1.74. The minimum atomic E-state index is 0.679. The monoisotopic (exact) mass is 248 g/mol. The van der Waals surface area contributed by atoms with Gasteiger partial charge < -0.3 is 5.73 Å². The zero-order chi connectivity index (χ0) is 9.97. The van der Waals surface area contributed by atoms with E-state index >= 15 is 0 Å². The summed E-state index contributed by atoms with van der Waals surface area (Å²) in [5.74, 6) is 0. The van der Waals surface area contributed by atoms with Gasteiger partial charge in [0.25, 0.3) is 0 Å². The number of benzene rings is 1. The van der Waals surface area contributed by atoms with Crippen LogP contribution in [0.1, 0.15) is 0 Å². The highest BCUT2D eigenvalue weighted by molar-refractivity contribution is 9.10. The van der Waals surface area contributed by atoms with Crippen LogP contribution < -0.4 is 5.73 Å². The lowest BCUT2D eigenvalue weighted by molar-refractivity contribution is 1.32. The molecule has 0 spiro atoms. The number of rotatable bonds is 1. The SMILES string of the molecule is Nc1c(Br)ccnc1-c1ccccc1. The number of aromatic nitrogens is 1. The molecule has 14 heavy (non-hydrogen) atoms. The lowest BCUT2D eigenvalue weighted by Gasteiger charge is -2.05. The summed E-state index contributed by atoms with van der Waals surface area (Å²) in [6, 6.07) is 11.7. The number of hydrogen-bond donors (Lipinski definition) is 1. The van der Waals surface area contributed by atoms with Crippen LogP contribution in [0.4, 0.5) is 5.69 Å². The summed E-state index contributed by atoms with van der Waals surface area (Å²) in [5, 5.41) is 0. The average Bonchev–Trinajstić information content (AvgIpc) is 2.23.